The highest BCUT2D eigenvalue weighted by atomic mass is 16.4. The predicted octanol–water partition coefficient (Wildman–Crippen LogP) is 16.6. The summed E-state index contributed by atoms with van der Waals surface area (Å²) >= 11 is 0. The number of aliphatic carboxylic acids is 3. The molecular weight excluding hydrogens is 785 g/mol. The van der Waals surface area contributed by atoms with Gasteiger partial charge in [-0.3, -0.25) is 9.59 Å². The van der Waals surface area contributed by atoms with Gasteiger partial charge in [-0.15, -0.1) is 0 Å². The maximum absolute atomic E-state index is 11.9. The second-order valence-electron chi connectivity index (χ2n) is 21.4. The first-order valence-corrected chi connectivity index (χ1v) is 27.0. The number of rotatable bonds is 36. The van der Waals surface area contributed by atoms with Crippen molar-refractivity contribution in [3.05, 3.63) is 23.3 Å². The minimum absolute atomic E-state index is 0.161. The number of unbranched alkanes of at least 4 members (excludes halogenated alkanes) is 27. The van der Waals surface area contributed by atoms with Crippen LogP contribution in [0.4, 0.5) is 0 Å². The minimum Gasteiger partial charge on any atom is -0.481 e. The molecule has 0 radical (unpaired) electrons. The van der Waals surface area contributed by atoms with E-state index in [9.17, 15) is 29.7 Å². The SMILES string of the molecule is CC(C)C1=CC2=CCC3[C@](C)(C(=O)O)CCC[C@]3(C)[C@H]2CC1.CCCCCCCCCCCCCCCCC(O)(CCCCCCCCCCCCCCCCCC(=O)O)C(=O)O. The van der Waals surface area contributed by atoms with Crippen molar-refractivity contribution in [1.82, 2.24) is 0 Å². The monoisotopic (exact) mass is 885 g/mol. The molecule has 1 saturated carbocycles. The van der Waals surface area contributed by atoms with E-state index < -0.39 is 28.9 Å². The van der Waals surface area contributed by atoms with Gasteiger partial charge >= 0.3 is 17.9 Å². The number of carboxylic acids is 3. The maximum Gasteiger partial charge on any atom is 0.335 e. The number of aliphatic hydroxyl groups is 1. The predicted molar refractivity (Wildman–Crippen MR) is 263 cm³/mol. The van der Waals surface area contributed by atoms with Gasteiger partial charge in [0.2, 0.25) is 0 Å². The van der Waals surface area contributed by atoms with Crippen LogP contribution in [0.25, 0.3) is 0 Å². The van der Waals surface area contributed by atoms with Crippen LogP contribution in [0, 0.1) is 28.6 Å². The van der Waals surface area contributed by atoms with Crippen molar-refractivity contribution in [1.29, 1.82) is 0 Å². The summed E-state index contributed by atoms with van der Waals surface area (Å²) < 4.78 is 0. The van der Waals surface area contributed by atoms with Crippen LogP contribution in [-0.4, -0.2) is 43.9 Å². The molecule has 0 aromatic carbocycles. The Hall–Kier alpha value is -2.15. The van der Waals surface area contributed by atoms with Crippen LogP contribution < -0.4 is 0 Å². The lowest BCUT2D eigenvalue weighted by Crippen LogP contribution is -2.53. The molecule has 0 spiro atoms. The molecule has 7 nitrogen and oxygen atoms in total. The lowest BCUT2D eigenvalue weighted by molar-refractivity contribution is -0.162. The lowest BCUT2D eigenvalue weighted by atomic mass is 9.47. The Morgan fingerprint density at radius 1 is 0.635 bits per heavy atom. The summed E-state index contributed by atoms with van der Waals surface area (Å²) in [4.78, 5) is 34.2. The first-order valence-electron chi connectivity index (χ1n) is 27.0. The Bertz CT molecular complexity index is 1320. The third kappa shape index (κ3) is 21.8. The maximum atomic E-state index is 11.9. The number of fused-ring (bicyclic) bond motifs is 3. The summed E-state index contributed by atoms with van der Waals surface area (Å²) in [6.07, 6.45) is 47.6. The van der Waals surface area contributed by atoms with Crippen molar-refractivity contribution >= 4 is 17.9 Å². The summed E-state index contributed by atoms with van der Waals surface area (Å²) in [5.74, 6) is -0.828. The van der Waals surface area contributed by atoms with Gasteiger partial charge < -0.3 is 20.4 Å². The van der Waals surface area contributed by atoms with Gasteiger partial charge in [-0.05, 0) is 99.9 Å². The van der Waals surface area contributed by atoms with Gasteiger partial charge in [0.1, 0.15) is 0 Å². The van der Waals surface area contributed by atoms with E-state index in [1.807, 2.05) is 6.92 Å². The molecule has 0 aromatic heterocycles. The zero-order valence-electron chi connectivity index (χ0n) is 41.8. The molecule has 3 aliphatic carbocycles. The zero-order valence-corrected chi connectivity index (χ0v) is 41.8. The normalized spacial score (nSPS) is 22.8. The summed E-state index contributed by atoms with van der Waals surface area (Å²) in [6.45, 7) is 11.2. The van der Waals surface area contributed by atoms with E-state index in [0.717, 1.165) is 77.0 Å². The van der Waals surface area contributed by atoms with Crippen LogP contribution in [0.2, 0.25) is 0 Å². The Morgan fingerprint density at radius 3 is 1.43 bits per heavy atom. The van der Waals surface area contributed by atoms with E-state index in [-0.39, 0.29) is 11.3 Å². The van der Waals surface area contributed by atoms with Crippen molar-refractivity contribution in [2.24, 2.45) is 28.6 Å². The molecule has 0 heterocycles. The summed E-state index contributed by atoms with van der Waals surface area (Å²) in [6, 6.07) is 0. The highest BCUT2D eigenvalue weighted by molar-refractivity contribution is 5.77. The molecule has 3 aliphatic rings. The van der Waals surface area contributed by atoms with Crippen molar-refractivity contribution in [2.45, 2.75) is 284 Å². The number of carbonyl (C=O) groups is 3. The van der Waals surface area contributed by atoms with Crippen LogP contribution >= 0.6 is 0 Å². The smallest absolute Gasteiger partial charge is 0.335 e. The molecule has 0 amide bonds. The molecule has 2 unspecified atom stereocenters. The second kappa shape index (κ2) is 32.5. The van der Waals surface area contributed by atoms with E-state index in [4.69, 9.17) is 5.11 Å². The molecule has 3 rings (SSSR count). The Balaban J connectivity index is 0.000000513. The average Bonchev–Trinajstić information content (AvgIpc) is 3.24. The lowest BCUT2D eigenvalue weighted by Gasteiger charge is -2.57. The van der Waals surface area contributed by atoms with E-state index >= 15 is 0 Å². The zero-order chi connectivity index (χ0) is 46.4. The van der Waals surface area contributed by atoms with E-state index in [1.165, 1.54) is 153 Å². The summed E-state index contributed by atoms with van der Waals surface area (Å²) in [5.41, 5.74) is 1.16. The highest BCUT2D eigenvalue weighted by Crippen LogP contribution is 2.62. The van der Waals surface area contributed by atoms with Crippen molar-refractivity contribution in [2.75, 3.05) is 0 Å². The molecule has 0 bridgehead atoms. The quantitative estimate of drug-likeness (QED) is 0.0461. The average molecular weight is 885 g/mol. The molecule has 0 aliphatic heterocycles. The standard InChI is InChI=1S/C36H70O5.C20H30O2/c1-2-3-4-5-6-7-8-9-14-17-20-23-26-29-32-36(41,35(39)40)33-30-27-24-21-18-15-12-10-11-13-16-19-22-25-28-31-34(37)38;1-13(2)14-6-8-16-15(12-14)7-9-17-19(16,3)10-5-11-20(17,4)18(21)22/h41H,2-33H2,1H3,(H,37,38)(H,39,40);7,12-13,16-17H,5-6,8-11H2,1-4H3,(H,21,22)/t;16-,17?,19+,20+/m.0/s1. The third-order valence-electron chi connectivity index (χ3n) is 15.9. The van der Waals surface area contributed by atoms with Gasteiger partial charge in [-0.2, -0.15) is 0 Å². The topological polar surface area (TPSA) is 132 Å². The van der Waals surface area contributed by atoms with Gasteiger partial charge in [0.25, 0.3) is 0 Å². The molecule has 7 heteroatoms. The summed E-state index contributed by atoms with van der Waals surface area (Å²) in [7, 11) is 0. The van der Waals surface area contributed by atoms with Gasteiger partial charge in [0.05, 0.1) is 5.41 Å². The number of hydrogen-bond donors (Lipinski definition) is 4. The third-order valence-corrected chi connectivity index (χ3v) is 15.9. The van der Waals surface area contributed by atoms with Crippen LogP contribution in [0.1, 0.15) is 279 Å². The van der Waals surface area contributed by atoms with E-state index in [0.29, 0.717) is 31.1 Å². The molecule has 366 valence electrons. The molecule has 4 N–H and O–H groups in total. The number of hydrogen-bond acceptors (Lipinski definition) is 4. The Morgan fingerprint density at radius 2 is 1.05 bits per heavy atom. The van der Waals surface area contributed by atoms with Crippen molar-refractivity contribution in [3.8, 4) is 0 Å². The van der Waals surface area contributed by atoms with Gasteiger partial charge in [0.15, 0.2) is 5.60 Å². The van der Waals surface area contributed by atoms with Crippen LogP contribution in [0.5, 0.6) is 0 Å². The largest absolute Gasteiger partial charge is 0.481 e. The van der Waals surface area contributed by atoms with Gasteiger partial charge in [-0.25, -0.2) is 4.79 Å². The van der Waals surface area contributed by atoms with Crippen LogP contribution in [0.15, 0.2) is 23.3 Å². The first-order chi connectivity index (χ1) is 30.2. The fourth-order valence-corrected chi connectivity index (χ4v) is 11.5. The minimum atomic E-state index is -1.53. The fraction of sp³-hybridized carbons (Fsp3) is 0.875. The summed E-state index contributed by atoms with van der Waals surface area (Å²) in [5, 5.41) is 38.8. The van der Waals surface area contributed by atoms with E-state index in [1.54, 1.807) is 5.57 Å². The molecule has 0 saturated heterocycles. The fourth-order valence-electron chi connectivity index (χ4n) is 11.5. The van der Waals surface area contributed by atoms with Gasteiger partial charge in [0, 0.05) is 6.42 Å². The molecule has 5 atom stereocenters. The second-order valence-corrected chi connectivity index (χ2v) is 21.4. The van der Waals surface area contributed by atoms with Crippen molar-refractivity contribution in [3.63, 3.8) is 0 Å². The molecule has 63 heavy (non-hydrogen) atoms. The van der Waals surface area contributed by atoms with Crippen molar-refractivity contribution < 1.29 is 34.8 Å². The molecule has 0 aromatic rings. The molecular formula is C56H100O7. The van der Waals surface area contributed by atoms with Crippen LogP contribution in [0.3, 0.4) is 0 Å². The Kier molecular flexibility index (Phi) is 29.4. The highest BCUT2D eigenvalue weighted by Gasteiger charge is 2.57. The molecule has 1 fully saturated rings. The number of carboxylic acid groups (broad SMARTS) is 3. The Labute approximate surface area is 387 Å². The van der Waals surface area contributed by atoms with Gasteiger partial charge in [-0.1, -0.05) is 219 Å². The number of allylic oxidation sites excluding steroid dienone is 4. The first kappa shape index (κ1) is 57.0. The van der Waals surface area contributed by atoms with E-state index in [2.05, 4.69) is 39.8 Å². The van der Waals surface area contributed by atoms with Crippen LogP contribution in [-0.2, 0) is 14.4 Å².